The van der Waals surface area contributed by atoms with Gasteiger partial charge in [0.15, 0.2) is 6.29 Å². The molecule has 0 aromatic carbocycles. The number of aldehydes is 1. The van der Waals surface area contributed by atoms with Gasteiger partial charge in [-0.15, -0.1) is 0 Å². The highest BCUT2D eigenvalue weighted by atomic mass is 16.7. The van der Waals surface area contributed by atoms with Crippen molar-refractivity contribution in [2.75, 3.05) is 6.61 Å². The zero-order valence-corrected chi connectivity index (χ0v) is 9.29. The Labute approximate surface area is 85.8 Å². The van der Waals surface area contributed by atoms with Crippen molar-refractivity contribution in [3.05, 3.63) is 0 Å². The number of hydrogen-bond acceptors (Lipinski definition) is 3. The molecule has 1 rings (SSSR count). The number of ether oxygens (including phenoxy) is 2. The molecule has 0 aromatic rings. The number of hydrogen-bond donors (Lipinski definition) is 0. The molecular weight excluding hydrogens is 180 g/mol. The van der Waals surface area contributed by atoms with Crippen LogP contribution in [-0.2, 0) is 14.3 Å². The molecule has 3 atom stereocenters. The molecule has 1 aliphatic rings. The summed E-state index contributed by atoms with van der Waals surface area (Å²) in [7, 11) is 0. The summed E-state index contributed by atoms with van der Waals surface area (Å²) in [5.74, 6) is -0.444. The summed E-state index contributed by atoms with van der Waals surface area (Å²) in [6, 6.07) is 0. The lowest BCUT2D eigenvalue weighted by Gasteiger charge is -2.24. The third-order valence-electron chi connectivity index (χ3n) is 2.98. The Balaban J connectivity index is 2.56. The van der Waals surface area contributed by atoms with Crippen LogP contribution in [0.25, 0.3) is 0 Å². The SMILES string of the molecule is CCOC1(C=O)CCC(C(C)CC)O1. The van der Waals surface area contributed by atoms with Crippen LogP contribution in [0.5, 0.6) is 0 Å². The van der Waals surface area contributed by atoms with E-state index >= 15 is 0 Å². The Kier molecular flexibility index (Phi) is 4.08. The number of rotatable bonds is 5. The van der Waals surface area contributed by atoms with Gasteiger partial charge in [0.25, 0.3) is 0 Å². The summed E-state index contributed by atoms with van der Waals surface area (Å²) in [6.45, 7) is 6.68. The van der Waals surface area contributed by atoms with Gasteiger partial charge in [-0.1, -0.05) is 20.3 Å². The minimum absolute atomic E-state index is 0.178. The van der Waals surface area contributed by atoms with Gasteiger partial charge >= 0.3 is 0 Å². The van der Waals surface area contributed by atoms with Gasteiger partial charge in [0.2, 0.25) is 5.79 Å². The van der Waals surface area contributed by atoms with Crippen molar-refractivity contribution >= 4 is 6.29 Å². The highest BCUT2D eigenvalue weighted by molar-refractivity contribution is 5.60. The summed E-state index contributed by atoms with van der Waals surface area (Å²) in [5.41, 5.74) is 0. The van der Waals surface area contributed by atoms with Gasteiger partial charge in [-0.25, -0.2) is 0 Å². The van der Waals surface area contributed by atoms with E-state index < -0.39 is 5.79 Å². The van der Waals surface area contributed by atoms with Crippen LogP contribution in [0, 0.1) is 5.92 Å². The first-order valence-corrected chi connectivity index (χ1v) is 5.45. The Bertz CT molecular complexity index is 193. The van der Waals surface area contributed by atoms with Crippen LogP contribution in [0.1, 0.15) is 40.0 Å². The van der Waals surface area contributed by atoms with Gasteiger partial charge < -0.3 is 9.47 Å². The van der Waals surface area contributed by atoms with Gasteiger partial charge in [0, 0.05) is 13.0 Å². The third kappa shape index (κ3) is 2.34. The van der Waals surface area contributed by atoms with Crippen molar-refractivity contribution in [1.29, 1.82) is 0 Å². The van der Waals surface area contributed by atoms with E-state index in [2.05, 4.69) is 13.8 Å². The molecule has 3 nitrogen and oxygen atoms in total. The molecule has 1 aliphatic heterocycles. The van der Waals surface area contributed by atoms with Crippen LogP contribution in [0.2, 0.25) is 0 Å². The van der Waals surface area contributed by atoms with Crippen molar-refractivity contribution < 1.29 is 14.3 Å². The zero-order valence-electron chi connectivity index (χ0n) is 9.29. The molecule has 1 saturated heterocycles. The zero-order chi connectivity index (χ0) is 10.6. The van der Waals surface area contributed by atoms with Crippen molar-refractivity contribution in [2.45, 2.75) is 51.9 Å². The summed E-state index contributed by atoms with van der Waals surface area (Å²) < 4.78 is 11.1. The maximum absolute atomic E-state index is 10.9. The Morgan fingerprint density at radius 3 is 2.86 bits per heavy atom. The molecule has 1 heterocycles. The molecule has 0 radical (unpaired) electrons. The van der Waals surface area contributed by atoms with Crippen molar-refractivity contribution in [2.24, 2.45) is 5.92 Å². The van der Waals surface area contributed by atoms with Gasteiger partial charge in [-0.05, 0) is 19.3 Å². The summed E-state index contributed by atoms with van der Waals surface area (Å²) in [6.07, 6.45) is 3.68. The van der Waals surface area contributed by atoms with E-state index in [0.717, 1.165) is 19.1 Å². The fraction of sp³-hybridized carbons (Fsp3) is 0.909. The van der Waals surface area contributed by atoms with Crippen LogP contribution in [0.4, 0.5) is 0 Å². The Hall–Kier alpha value is -0.410. The summed E-state index contributed by atoms with van der Waals surface area (Å²) >= 11 is 0. The quantitative estimate of drug-likeness (QED) is 0.638. The molecule has 1 fully saturated rings. The molecule has 0 bridgehead atoms. The fourth-order valence-electron chi connectivity index (χ4n) is 1.85. The van der Waals surface area contributed by atoms with Gasteiger partial charge in [0.1, 0.15) is 0 Å². The number of carbonyl (C=O) groups excluding carboxylic acids is 1. The highest BCUT2D eigenvalue weighted by Crippen LogP contribution is 2.34. The first-order valence-electron chi connectivity index (χ1n) is 5.45. The normalized spacial score (nSPS) is 34.4. The van der Waals surface area contributed by atoms with Crippen LogP contribution < -0.4 is 0 Å². The van der Waals surface area contributed by atoms with Crippen molar-refractivity contribution in [1.82, 2.24) is 0 Å². The summed E-state index contributed by atoms with van der Waals surface area (Å²) in [4.78, 5) is 10.9. The maximum atomic E-state index is 10.9. The standard InChI is InChI=1S/C11H20O3/c1-4-9(3)10-6-7-11(8-12,14-10)13-5-2/h8-10H,4-7H2,1-3H3. The molecule has 0 aromatic heterocycles. The van der Waals surface area contributed by atoms with E-state index in [-0.39, 0.29) is 6.10 Å². The van der Waals surface area contributed by atoms with E-state index in [1.165, 1.54) is 0 Å². The van der Waals surface area contributed by atoms with E-state index in [9.17, 15) is 4.79 Å². The van der Waals surface area contributed by atoms with E-state index in [4.69, 9.17) is 9.47 Å². The predicted molar refractivity (Wildman–Crippen MR) is 54.0 cm³/mol. The van der Waals surface area contributed by atoms with E-state index in [1.807, 2.05) is 6.92 Å². The predicted octanol–water partition coefficient (Wildman–Crippen LogP) is 2.14. The van der Waals surface area contributed by atoms with Crippen LogP contribution in [0.15, 0.2) is 0 Å². The van der Waals surface area contributed by atoms with E-state index in [0.29, 0.717) is 18.9 Å². The molecule has 82 valence electrons. The van der Waals surface area contributed by atoms with Gasteiger partial charge in [-0.3, -0.25) is 4.79 Å². The number of carbonyl (C=O) groups is 1. The molecule has 0 N–H and O–H groups in total. The molecule has 3 heteroatoms. The van der Waals surface area contributed by atoms with Gasteiger partial charge in [0.05, 0.1) is 6.10 Å². The molecular formula is C11H20O3. The second-order valence-electron chi connectivity index (χ2n) is 3.94. The molecule has 0 amide bonds. The monoisotopic (exact) mass is 200 g/mol. The van der Waals surface area contributed by atoms with Crippen LogP contribution in [-0.4, -0.2) is 24.8 Å². The third-order valence-corrected chi connectivity index (χ3v) is 2.98. The fourth-order valence-corrected chi connectivity index (χ4v) is 1.85. The minimum Gasteiger partial charge on any atom is -0.344 e. The average Bonchev–Trinajstić information content (AvgIpc) is 2.62. The second-order valence-corrected chi connectivity index (χ2v) is 3.94. The lowest BCUT2D eigenvalue weighted by molar-refractivity contribution is -0.214. The molecule has 3 unspecified atom stereocenters. The van der Waals surface area contributed by atoms with Gasteiger partial charge in [-0.2, -0.15) is 0 Å². The smallest absolute Gasteiger partial charge is 0.226 e. The Morgan fingerprint density at radius 2 is 2.36 bits per heavy atom. The lowest BCUT2D eigenvalue weighted by atomic mass is 9.99. The van der Waals surface area contributed by atoms with Crippen molar-refractivity contribution in [3.8, 4) is 0 Å². The largest absolute Gasteiger partial charge is 0.344 e. The topological polar surface area (TPSA) is 35.5 Å². The molecule has 14 heavy (non-hydrogen) atoms. The Morgan fingerprint density at radius 1 is 1.64 bits per heavy atom. The van der Waals surface area contributed by atoms with E-state index in [1.54, 1.807) is 0 Å². The van der Waals surface area contributed by atoms with Crippen LogP contribution in [0.3, 0.4) is 0 Å². The molecule has 0 spiro atoms. The molecule has 0 saturated carbocycles. The summed E-state index contributed by atoms with van der Waals surface area (Å²) in [5, 5.41) is 0. The molecule has 0 aliphatic carbocycles. The average molecular weight is 200 g/mol. The lowest BCUT2D eigenvalue weighted by Crippen LogP contribution is -2.35. The second kappa shape index (κ2) is 4.89. The van der Waals surface area contributed by atoms with Crippen LogP contribution >= 0.6 is 0 Å². The highest BCUT2D eigenvalue weighted by Gasteiger charge is 2.42. The maximum Gasteiger partial charge on any atom is 0.226 e. The van der Waals surface area contributed by atoms with Crippen molar-refractivity contribution in [3.63, 3.8) is 0 Å². The first kappa shape index (κ1) is 11.7. The first-order chi connectivity index (χ1) is 6.67. The minimum atomic E-state index is -0.942.